The smallest absolute Gasteiger partial charge is 0.239 e. The van der Waals surface area contributed by atoms with Crippen LogP contribution in [-0.2, 0) is 24.3 Å². The van der Waals surface area contributed by atoms with Crippen LogP contribution in [0.1, 0.15) is 23.1 Å². The highest BCUT2D eigenvalue weighted by Gasteiger charge is 2.27. The van der Waals surface area contributed by atoms with Gasteiger partial charge in [-0.2, -0.15) is 0 Å². The van der Waals surface area contributed by atoms with E-state index in [2.05, 4.69) is 40.2 Å². The second-order valence-corrected chi connectivity index (χ2v) is 8.05. The first-order valence-corrected chi connectivity index (χ1v) is 9.84. The molecular formula is C21H23N3OS. The number of hydrogen-bond donors (Lipinski definition) is 0. The van der Waals surface area contributed by atoms with Gasteiger partial charge in [0.2, 0.25) is 5.91 Å². The van der Waals surface area contributed by atoms with Crippen molar-refractivity contribution >= 4 is 27.5 Å². The minimum atomic E-state index is -0.122. The third kappa shape index (κ3) is 3.37. The molecule has 0 radical (unpaired) electrons. The van der Waals surface area contributed by atoms with Crippen molar-refractivity contribution in [3.8, 4) is 0 Å². The number of carbonyl (C=O) groups excluding carboxylic acids is 1. The molecule has 0 aliphatic carbocycles. The number of likely N-dealkylation sites (N-methyl/N-ethyl adjacent to an activating group) is 1. The minimum Gasteiger partial charge on any atom is -0.338 e. The van der Waals surface area contributed by atoms with E-state index in [-0.39, 0.29) is 11.9 Å². The van der Waals surface area contributed by atoms with Crippen LogP contribution in [-0.4, -0.2) is 40.3 Å². The van der Waals surface area contributed by atoms with E-state index in [9.17, 15) is 4.79 Å². The van der Waals surface area contributed by atoms with Gasteiger partial charge in [-0.05, 0) is 36.6 Å². The maximum Gasteiger partial charge on any atom is 0.239 e. The summed E-state index contributed by atoms with van der Waals surface area (Å²) in [6.07, 6.45) is 1.01. The van der Waals surface area contributed by atoms with E-state index in [1.54, 1.807) is 11.3 Å². The highest BCUT2D eigenvalue weighted by molar-refractivity contribution is 7.18. The Kier molecular flexibility index (Phi) is 4.74. The zero-order valence-electron chi connectivity index (χ0n) is 15.2. The maximum atomic E-state index is 12.9. The van der Waals surface area contributed by atoms with Crippen molar-refractivity contribution < 1.29 is 4.79 Å². The molecule has 1 amide bonds. The van der Waals surface area contributed by atoms with Crippen LogP contribution in [0.4, 0.5) is 0 Å². The fourth-order valence-electron chi connectivity index (χ4n) is 3.59. The van der Waals surface area contributed by atoms with Crippen LogP contribution in [0.2, 0.25) is 0 Å². The summed E-state index contributed by atoms with van der Waals surface area (Å²) in [6, 6.07) is 16.5. The number of para-hydroxylation sites is 1. The summed E-state index contributed by atoms with van der Waals surface area (Å²) < 4.78 is 1.17. The molecule has 1 aromatic heterocycles. The first-order valence-electron chi connectivity index (χ1n) is 9.02. The van der Waals surface area contributed by atoms with E-state index in [0.717, 1.165) is 30.0 Å². The molecule has 5 heteroatoms. The zero-order chi connectivity index (χ0) is 18.1. The lowest BCUT2D eigenvalue weighted by Gasteiger charge is -2.34. The second-order valence-electron chi connectivity index (χ2n) is 6.93. The summed E-state index contributed by atoms with van der Waals surface area (Å²) >= 11 is 1.66. The van der Waals surface area contributed by atoms with Crippen molar-refractivity contribution in [2.24, 2.45) is 0 Å². The summed E-state index contributed by atoms with van der Waals surface area (Å²) in [5, 5.41) is 0.984. The average Bonchev–Trinajstić information content (AvgIpc) is 3.08. The minimum absolute atomic E-state index is 0.122. The molecule has 134 valence electrons. The maximum absolute atomic E-state index is 12.9. The SMILES string of the molecule is CC(C(=O)N(C)Cc1nc2ccccc2s1)N1CCc2ccccc2C1. The van der Waals surface area contributed by atoms with Gasteiger partial charge in [0, 0.05) is 20.1 Å². The Bertz CT molecular complexity index is 903. The quantitative estimate of drug-likeness (QED) is 0.707. The van der Waals surface area contributed by atoms with Crippen LogP contribution in [0.3, 0.4) is 0 Å². The van der Waals surface area contributed by atoms with Gasteiger partial charge < -0.3 is 4.90 Å². The summed E-state index contributed by atoms with van der Waals surface area (Å²) in [5.41, 5.74) is 3.76. The zero-order valence-corrected chi connectivity index (χ0v) is 16.0. The van der Waals surface area contributed by atoms with Crippen LogP contribution in [0.25, 0.3) is 10.2 Å². The molecular weight excluding hydrogens is 342 g/mol. The molecule has 2 aromatic carbocycles. The molecule has 0 saturated heterocycles. The summed E-state index contributed by atoms with van der Waals surface area (Å²) in [4.78, 5) is 21.7. The molecule has 0 spiro atoms. The Morgan fingerprint density at radius 1 is 1.19 bits per heavy atom. The van der Waals surface area contributed by atoms with E-state index in [4.69, 9.17) is 0 Å². The summed E-state index contributed by atoms with van der Waals surface area (Å²) in [5.74, 6) is 0.156. The Labute approximate surface area is 158 Å². The molecule has 1 atom stereocenters. The first kappa shape index (κ1) is 17.2. The van der Waals surface area contributed by atoms with Crippen LogP contribution in [0, 0.1) is 0 Å². The Morgan fingerprint density at radius 3 is 2.73 bits per heavy atom. The van der Waals surface area contributed by atoms with Crippen molar-refractivity contribution in [3.05, 3.63) is 64.7 Å². The number of fused-ring (bicyclic) bond motifs is 2. The Hall–Kier alpha value is -2.24. The molecule has 0 saturated carbocycles. The van der Waals surface area contributed by atoms with E-state index < -0.39 is 0 Å². The normalized spacial score (nSPS) is 15.6. The molecule has 26 heavy (non-hydrogen) atoms. The first-order chi connectivity index (χ1) is 12.6. The van der Waals surface area contributed by atoms with Gasteiger partial charge in [0.15, 0.2) is 0 Å². The third-order valence-electron chi connectivity index (χ3n) is 5.15. The lowest BCUT2D eigenvalue weighted by molar-refractivity contribution is -0.136. The monoisotopic (exact) mass is 365 g/mol. The second kappa shape index (κ2) is 7.17. The van der Waals surface area contributed by atoms with Crippen molar-refractivity contribution in [2.75, 3.05) is 13.6 Å². The number of aromatic nitrogens is 1. The van der Waals surface area contributed by atoms with Crippen LogP contribution >= 0.6 is 11.3 Å². The predicted molar refractivity (Wildman–Crippen MR) is 106 cm³/mol. The fourth-order valence-corrected chi connectivity index (χ4v) is 4.61. The number of rotatable bonds is 4. The molecule has 0 bridgehead atoms. The molecule has 0 fully saturated rings. The number of amides is 1. The third-order valence-corrected chi connectivity index (χ3v) is 6.17. The number of benzene rings is 2. The van der Waals surface area contributed by atoms with E-state index in [0.29, 0.717) is 6.54 Å². The number of hydrogen-bond acceptors (Lipinski definition) is 4. The number of carbonyl (C=O) groups is 1. The summed E-state index contributed by atoms with van der Waals surface area (Å²) in [7, 11) is 1.88. The van der Waals surface area contributed by atoms with Gasteiger partial charge >= 0.3 is 0 Å². The van der Waals surface area contributed by atoms with Gasteiger partial charge in [-0.15, -0.1) is 11.3 Å². The van der Waals surface area contributed by atoms with Crippen LogP contribution in [0.15, 0.2) is 48.5 Å². The van der Waals surface area contributed by atoms with E-state index in [1.807, 2.05) is 37.1 Å². The topological polar surface area (TPSA) is 36.4 Å². The molecule has 2 heterocycles. The predicted octanol–water partition coefficient (Wildman–Crippen LogP) is 3.70. The average molecular weight is 366 g/mol. The molecule has 0 N–H and O–H groups in total. The molecule has 3 aromatic rings. The fraction of sp³-hybridized carbons (Fsp3) is 0.333. The lowest BCUT2D eigenvalue weighted by atomic mass is 9.98. The van der Waals surface area contributed by atoms with Gasteiger partial charge in [0.25, 0.3) is 0 Å². The molecule has 4 rings (SSSR count). The largest absolute Gasteiger partial charge is 0.338 e. The number of nitrogens with zero attached hydrogens (tertiary/aromatic N) is 3. The van der Waals surface area contributed by atoms with Crippen molar-refractivity contribution in [2.45, 2.75) is 32.5 Å². The highest BCUT2D eigenvalue weighted by atomic mass is 32.1. The molecule has 4 nitrogen and oxygen atoms in total. The van der Waals surface area contributed by atoms with Gasteiger partial charge in [0.1, 0.15) is 5.01 Å². The van der Waals surface area contributed by atoms with E-state index >= 15 is 0 Å². The molecule has 1 aliphatic rings. The summed E-state index contributed by atoms with van der Waals surface area (Å²) in [6.45, 7) is 4.36. The van der Waals surface area contributed by atoms with Gasteiger partial charge in [0.05, 0.1) is 22.8 Å². The lowest BCUT2D eigenvalue weighted by Crippen LogP contribution is -2.47. The van der Waals surface area contributed by atoms with Gasteiger partial charge in [-0.1, -0.05) is 36.4 Å². The van der Waals surface area contributed by atoms with Crippen molar-refractivity contribution in [3.63, 3.8) is 0 Å². The van der Waals surface area contributed by atoms with Gasteiger partial charge in [-0.3, -0.25) is 9.69 Å². The molecule has 1 aliphatic heterocycles. The van der Waals surface area contributed by atoms with Crippen LogP contribution in [0.5, 0.6) is 0 Å². The Balaban J connectivity index is 1.43. The van der Waals surface area contributed by atoms with Crippen molar-refractivity contribution in [1.29, 1.82) is 0 Å². The number of thiazole rings is 1. The van der Waals surface area contributed by atoms with Crippen molar-refractivity contribution in [1.82, 2.24) is 14.8 Å². The van der Waals surface area contributed by atoms with E-state index in [1.165, 1.54) is 15.8 Å². The Morgan fingerprint density at radius 2 is 1.92 bits per heavy atom. The highest BCUT2D eigenvalue weighted by Crippen LogP contribution is 2.24. The van der Waals surface area contributed by atoms with Gasteiger partial charge in [-0.25, -0.2) is 4.98 Å². The molecule has 1 unspecified atom stereocenters. The van der Waals surface area contributed by atoms with Crippen LogP contribution < -0.4 is 0 Å². The standard InChI is InChI=1S/C21H23N3OS/c1-15(24-12-11-16-7-3-4-8-17(16)13-24)21(25)23(2)14-20-22-18-9-5-6-10-19(18)26-20/h3-10,15H,11-14H2,1-2H3.